The van der Waals surface area contributed by atoms with Crippen molar-refractivity contribution in [1.82, 2.24) is 0 Å². The van der Waals surface area contributed by atoms with E-state index < -0.39 is 11.8 Å². The largest absolute Gasteiger partial charge is 0.462 e. The number of halogens is 1. The zero-order chi connectivity index (χ0) is 11.4. The zero-order valence-corrected chi connectivity index (χ0v) is 8.79. The van der Waals surface area contributed by atoms with Gasteiger partial charge in [0.1, 0.15) is 5.82 Å². The Morgan fingerprint density at radius 3 is 2.80 bits per heavy atom. The molecule has 0 unspecified atom stereocenters. The van der Waals surface area contributed by atoms with Gasteiger partial charge in [-0.05, 0) is 24.1 Å². The van der Waals surface area contributed by atoms with E-state index >= 15 is 0 Å². The molecule has 4 heteroatoms. The van der Waals surface area contributed by atoms with Crippen LogP contribution in [0.25, 0.3) is 0 Å². The van der Waals surface area contributed by atoms with E-state index in [0.29, 0.717) is 6.61 Å². The van der Waals surface area contributed by atoms with Crippen LogP contribution in [0.3, 0.4) is 0 Å². The Kier molecular flexibility index (Phi) is 3.66. The van der Waals surface area contributed by atoms with Crippen molar-refractivity contribution in [1.29, 1.82) is 0 Å². The van der Waals surface area contributed by atoms with Crippen LogP contribution in [0, 0.1) is 11.7 Å². The molecule has 0 saturated carbocycles. The van der Waals surface area contributed by atoms with Gasteiger partial charge in [0, 0.05) is 5.69 Å². The smallest absolute Gasteiger partial charge is 0.340 e. The molecule has 82 valence electrons. The van der Waals surface area contributed by atoms with E-state index in [-0.39, 0.29) is 17.2 Å². The predicted molar refractivity (Wildman–Crippen MR) is 55.9 cm³/mol. The maximum atomic E-state index is 12.8. The number of benzene rings is 1. The first-order valence-electron chi connectivity index (χ1n) is 4.73. The molecule has 3 nitrogen and oxygen atoms in total. The maximum Gasteiger partial charge on any atom is 0.340 e. The van der Waals surface area contributed by atoms with Gasteiger partial charge in [0.05, 0.1) is 12.2 Å². The van der Waals surface area contributed by atoms with E-state index in [2.05, 4.69) is 0 Å². The van der Waals surface area contributed by atoms with Crippen molar-refractivity contribution in [3.63, 3.8) is 0 Å². The summed E-state index contributed by atoms with van der Waals surface area (Å²) in [6, 6.07) is 3.63. The highest BCUT2D eigenvalue weighted by atomic mass is 19.1. The number of nitrogens with two attached hydrogens (primary N) is 1. The lowest BCUT2D eigenvalue weighted by Crippen LogP contribution is -2.12. The monoisotopic (exact) mass is 211 g/mol. The van der Waals surface area contributed by atoms with Gasteiger partial charge >= 0.3 is 5.97 Å². The number of carbonyl (C=O) groups is 1. The second-order valence-corrected chi connectivity index (χ2v) is 3.72. The zero-order valence-electron chi connectivity index (χ0n) is 8.79. The van der Waals surface area contributed by atoms with E-state index in [1.165, 1.54) is 12.1 Å². The minimum Gasteiger partial charge on any atom is -0.462 e. The highest BCUT2D eigenvalue weighted by Gasteiger charge is 2.12. The first kappa shape index (κ1) is 11.5. The van der Waals surface area contributed by atoms with Crippen LogP contribution in [0.4, 0.5) is 10.1 Å². The van der Waals surface area contributed by atoms with E-state index in [9.17, 15) is 9.18 Å². The van der Waals surface area contributed by atoms with Gasteiger partial charge in [0.25, 0.3) is 0 Å². The fourth-order valence-electron chi connectivity index (χ4n) is 1.03. The lowest BCUT2D eigenvalue weighted by molar-refractivity contribution is 0.0459. The molecule has 0 atom stereocenters. The maximum absolute atomic E-state index is 12.8. The number of hydrogen-bond acceptors (Lipinski definition) is 3. The molecule has 15 heavy (non-hydrogen) atoms. The third-order valence-electron chi connectivity index (χ3n) is 1.78. The third kappa shape index (κ3) is 3.23. The third-order valence-corrected chi connectivity index (χ3v) is 1.78. The number of nitrogen functional groups attached to an aromatic ring is 1. The molecule has 0 fully saturated rings. The summed E-state index contributed by atoms with van der Waals surface area (Å²) in [4.78, 5) is 11.5. The van der Waals surface area contributed by atoms with Crippen LogP contribution in [0.2, 0.25) is 0 Å². The SMILES string of the molecule is CC(C)COC(=O)c1cc(F)ccc1N. The van der Waals surface area contributed by atoms with Gasteiger partial charge in [-0.3, -0.25) is 0 Å². The van der Waals surface area contributed by atoms with Gasteiger partial charge in [-0.1, -0.05) is 13.8 Å². The van der Waals surface area contributed by atoms with E-state index in [4.69, 9.17) is 10.5 Å². The lowest BCUT2D eigenvalue weighted by Gasteiger charge is -2.08. The minimum absolute atomic E-state index is 0.0793. The van der Waals surface area contributed by atoms with Crippen LogP contribution < -0.4 is 5.73 Å². The molecular formula is C11H14FNO2. The van der Waals surface area contributed by atoms with Crippen molar-refractivity contribution in [3.05, 3.63) is 29.6 Å². The summed E-state index contributed by atoms with van der Waals surface area (Å²) in [6.45, 7) is 4.14. The van der Waals surface area contributed by atoms with Gasteiger partial charge in [-0.25, -0.2) is 9.18 Å². The van der Waals surface area contributed by atoms with Crippen LogP contribution in [-0.2, 0) is 4.74 Å². The first-order chi connectivity index (χ1) is 7.00. The van der Waals surface area contributed by atoms with Crippen LogP contribution in [0.5, 0.6) is 0 Å². The van der Waals surface area contributed by atoms with Crippen LogP contribution in [0.1, 0.15) is 24.2 Å². The summed E-state index contributed by atoms with van der Waals surface area (Å²) in [5, 5.41) is 0. The fraction of sp³-hybridized carbons (Fsp3) is 0.364. The molecule has 1 aromatic carbocycles. The highest BCUT2D eigenvalue weighted by molar-refractivity contribution is 5.95. The molecule has 0 spiro atoms. The summed E-state index contributed by atoms with van der Waals surface area (Å²) in [5.74, 6) is -0.842. The van der Waals surface area contributed by atoms with Crippen molar-refractivity contribution in [2.75, 3.05) is 12.3 Å². The van der Waals surface area contributed by atoms with E-state index in [1.807, 2.05) is 13.8 Å². The highest BCUT2D eigenvalue weighted by Crippen LogP contribution is 2.14. The molecule has 2 N–H and O–H groups in total. The first-order valence-corrected chi connectivity index (χ1v) is 4.73. The van der Waals surface area contributed by atoms with Crippen molar-refractivity contribution < 1.29 is 13.9 Å². The van der Waals surface area contributed by atoms with Gasteiger partial charge in [0.15, 0.2) is 0 Å². The van der Waals surface area contributed by atoms with E-state index in [1.54, 1.807) is 0 Å². The Labute approximate surface area is 88.0 Å². The molecule has 0 heterocycles. The van der Waals surface area contributed by atoms with Crippen LogP contribution >= 0.6 is 0 Å². The topological polar surface area (TPSA) is 52.3 Å². The lowest BCUT2D eigenvalue weighted by atomic mass is 10.2. The summed E-state index contributed by atoms with van der Waals surface area (Å²) in [5.41, 5.74) is 5.84. The summed E-state index contributed by atoms with van der Waals surface area (Å²) >= 11 is 0. The molecule has 0 radical (unpaired) electrons. The summed E-state index contributed by atoms with van der Waals surface area (Å²) in [7, 11) is 0. The Bertz CT molecular complexity index is 364. The Morgan fingerprint density at radius 2 is 2.20 bits per heavy atom. The number of anilines is 1. The predicted octanol–water partition coefficient (Wildman–Crippen LogP) is 2.22. The van der Waals surface area contributed by atoms with Crippen molar-refractivity contribution >= 4 is 11.7 Å². The molecule has 0 amide bonds. The minimum atomic E-state index is -0.583. The number of ether oxygens (including phenoxy) is 1. The van der Waals surface area contributed by atoms with Crippen molar-refractivity contribution in [3.8, 4) is 0 Å². The molecule has 1 aromatic rings. The van der Waals surface area contributed by atoms with Gasteiger partial charge < -0.3 is 10.5 Å². The fourth-order valence-corrected chi connectivity index (χ4v) is 1.03. The molecule has 0 aliphatic rings. The molecule has 0 saturated heterocycles. The van der Waals surface area contributed by atoms with Gasteiger partial charge in [0.2, 0.25) is 0 Å². The molecule has 0 aliphatic carbocycles. The standard InChI is InChI=1S/C11H14FNO2/c1-7(2)6-15-11(14)9-5-8(12)3-4-10(9)13/h3-5,7H,6,13H2,1-2H3. The Morgan fingerprint density at radius 1 is 1.53 bits per heavy atom. The quantitative estimate of drug-likeness (QED) is 0.616. The summed E-state index contributed by atoms with van der Waals surface area (Å²) < 4.78 is 17.8. The molecular weight excluding hydrogens is 197 g/mol. The Balaban J connectivity index is 2.77. The molecule has 0 aromatic heterocycles. The van der Waals surface area contributed by atoms with Crippen molar-refractivity contribution in [2.45, 2.75) is 13.8 Å². The molecule has 0 aliphatic heterocycles. The van der Waals surface area contributed by atoms with Crippen molar-refractivity contribution in [2.24, 2.45) is 5.92 Å². The average Bonchev–Trinajstić information content (AvgIpc) is 2.18. The van der Waals surface area contributed by atoms with Crippen LogP contribution in [-0.4, -0.2) is 12.6 Å². The van der Waals surface area contributed by atoms with Crippen LogP contribution in [0.15, 0.2) is 18.2 Å². The van der Waals surface area contributed by atoms with E-state index in [0.717, 1.165) is 6.07 Å². The van der Waals surface area contributed by atoms with Gasteiger partial charge in [-0.2, -0.15) is 0 Å². The number of carbonyl (C=O) groups excluding carboxylic acids is 1. The molecule has 0 bridgehead atoms. The number of esters is 1. The summed E-state index contributed by atoms with van der Waals surface area (Å²) in [6.07, 6.45) is 0. The second kappa shape index (κ2) is 4.77. The normalized spacial score (nSPS) is 10.4. The number of hydrogen-bond donors (Lipinski definition) is 1. The number of rotatable bonds is 3. The average molecular weight is 211 g/mol. The van der Waals surface area contributed by atoms with Gasteiger partial charge in [-0.15, -0.1) is 0 Å². The molecule has 1 rings (SSSR count). The Hall–Kier alpha value is -1.58. The second-order valence-electron chi connectivity index (χ2n) is 3.72.